The monoisotopic (exact) mass is 428 g/mol. The number of aromatic nitrogens is 3. The second kappa shape index (κ2) is 8.28. The first kappa shape index (κ1) is 19.4. The Kier molecular flexibility index (Phi) is 5.18. The number of ether oxygens (including phenoxy) is 1. The van der Waals surface area contributed by atoms with E-state index in [9.17, 15) is 0 Å². The van der Waals surface area contributed by atoms with Crippen molar-refractivity contribution in [3.05, 3.63) is 101 Å². The molecule has 1 atom stereocenters. The van der Waals surface area contributed by atoms with Crippen LogP contribution < -0.4 is 10.1 Å². The Labute approximate surface area is 186 Å². The van der Waals surface area contributed by atoms with Gasteiger partial charge in [-0.15, -0.1) is 5.10 Å². The van der Waals surface area contributed by atoms with Gasteiger partial charge >= 0.3 is 0 Å². The summed E-state index contributed by atoms with van der Waals surface area (Å²) in [6.07, 6.45) is 2.15. The fourth-order valence-corrected chi connectivity index (χ4v) is 3.86. The summed E-state index contributed by atoms with van der Waals surface area (Å²) in [7, 11) is 0. The van der Waals surface area contributed by atoms with Crippen molar-refractivity contribution in [2.75, 3.05) is 11.9 Å². The molecule has 6 heteroatoms. The summed E-state index contributed by atoms with van der Waals surface area (Å²) in [5.41, 5.74) is 3.98. The summed E-state index contributed by atoms with van der Waals surface area (Å²) in [5, 5.41) is 8.99. The number of allylic oxidation sites excluding steroid dienone is 1. The van der Waals surface area contributed by atoms with Gasteiger partial charge in [-0.3, -0.25) is 0 Å². The summed E-state index contributed by atoms with van der Waals surface area (Å²) < 4.78 is 7.84. The van der Waals surface area contributed by atoms with Crippen molar-refractivity contribution < 1.29 is 4.74 Å². The van der Waals surface area contributed by atoms with Gasteiger partial charge in [-0.1, -0.05) is 72.3 Å². The SMILES string of the molecule is CCOc1ccccc1[C@H]1C=C(c2ccc(Cl)cc2)Nc2nc(-c3ccccc3)nn21. The molecule has 2 heterocycles. The fourth-order valence-electron chi connectivity index (χ4n) is 3.73. The lowest BCUT2D eigenvalue weighted by Gasteiger charge is -2.25. The van der Waals surface area contributed by atoms with Crippen LogP contribution >= 0.6 is 11.6 Å². The highest BCUT2D eigenvalue weighted by Gasteiger charge is 2.27. The Morgan fingerprint density at radius 1 is 0.935 bits per heavy atom. The molecule has 0 saturated heterocycles. The van der Waals surface area contributed by atoms with Crippen LogP contribution in [-0.4, -0.2) is 21.4 Å². The summed E-state index contributed by atoms with van der Waals surface area (Å²) >= 11 is 6.10. The molecule has 154 valence electrons. The summed E-state index contributed by atoms with van der Waals surface area (Å²) in [6, 6.07) is 25.6. The molecule has 0 amide bonds. The van der Waals surface area contributed by atoms with Crippen LogP contribution in [-0.2, 0) is 0 Å². The maximum atomic E-state index is 6.10. The van der Waals surface area contributed by atoms with Crippen molar-refractivity contribution in [1.82, 2.24) is 14.8 Å². The topological polar surface area (TPSA) is 52.0 Å². The van der Waals surface area contributed by atoms with E-state index >= 15 is 0 Å². The lowest BCUT2D eigenvalue weighted by atomic mass is 10.0. The summed E-state index contributed by atoms with van der Waals surface area (Å²) in [6.45, 7) is 2.58. The van der Waals surface area contributed by atoms with Gasteiger partial charge in [0.2, 0.25) is 5.95 Å². The van der Waals surface area contributed by atoms with E-state index in [1.807, 2.05) is 84.4 Å². The van der Waals surface area contributed by atoms with E-state index in [-0.39, 0.29) is 6.04 Å². The van der Waals surface area contributed by atoms with Crippen molar-refractivity contribution in [2.24, 2.45) is 0 Å². The molecule has 1 N–H and O–H groups in total. The molecule has 0 fully saturated rings. The van der Waals surface area contributed by atoms with Crippen LogP contribution in [0, 0.1) is 0 Å². The minimum Gasteiger partial charge on any atom is -0.494 e. The number of rotatable bonds is 5. The molecule has 0 spiro atoms. The number of nitrogens with zero attached hydrogens (tertiary/aromatic N) is 3. The first-order valence-corrected chi connectivity index (χ1v) is 10.6. The minimum absolute atomic E-state index is 0.172. The zero-order valence-electron chi connectivity index (χ0n) is 17.0. The van der Waals surface area contributed by atoms with E-state index in [1.165, 1.54) is 0 Å². The Bertz CT molecular complexity index is 1230. The molecule has 4 aromatic rings. The average Bonchev–Trinajstić information content (AvgIpc) is 3.25. The van der Waals surface area contributed by atoms with E-state index in [2.05, 4.69) is 17.5 Å². The van der Waals surface area contributed by atoms with E-state index in [1.54, 1.807) is 0 Å². The molecule has 0 radical (unpaired) electrons. The van der Waals surface area contributed by atoms with E-state index in [0.717, 1.165) is 28.1 Å². The standard InChI is InChI=1S/C25H21ClN4O/c1-2-31-23-11-7-6-10-20(23)22-16-21(17-12-14-19(26)15-13-17)27-25-28-24(29-30(22)25)18-8-4-3-5-9-18/h3-16,22H,2H2,1H3,(H,27,28,29)/t22-/m1/s1. The zero-order valence-corrected chi connectivity index (χ0v) is 17.8. The van der Waals surface area contributed by atoms with Gasteiger partial charge in [0.15, 0.2) is 5.82 Å². The van der Waals surface area contributed by atoms with Gasteiger partial charge < -0.3 is 10.1 Å². The van der Waals surface area contributed by atoms with Crippen LogP contribution in [0.25, 0.3) is 17.1 Å². The molecule has 31 heavy (non-hydrogen) atoms. The lowest BCUT2D eigenvalue weighted by molar-refractivity contribution is 0.333. The highest BCUT2D eigenvalue weighted by atomic mass is 35.5. The number of anilines is 1. The lowest BCUT2D eigenvalue weighted by Crippen LogP contribution is -2.20. The molecule has 3 aromatic carbocycles. The van der Waals surface area contributed by atoms with Gasteiger partial charge in [0.05, 0.1) is 6.61 Å². The van der Waals surface area contributed by atoms with Crippen molar-refractivity contribution in [1.29, 1.82) is 0 Å². The third kappa shape index (κ3) is 3.80. The number of hydrogen-bond donors (Lipinski definition) is 1. The van der Waals surface area contributed by atoms with Crippen molar-refractivity contribution in [3.8, 4) is 17.1 Å². The van der Waals surface area contributed by atoms with Gasteiger partial charge in [0.1, 0.15) is 11.8 Å². The van der Waals surface area contributed by atoms with Crippen LogP contribution in [0.3, 0.4) is 0 Å². The second-order valence-electron chi connectivity index (χ2n) is 7.20. The van der Waals surface area contributed by atoms with Crippen molar-refractivity contribution >= 4 is 23.2 Å². The number of para-hydroxylation sites is 1. The Hall–Kier alpha value is -3.57. The van der Waals surface area contributed by atoms with Crippen molar-refractivity contribution in [2.45, 2.75) is 13.0 Å². The fraction of sp³-hybridized carbons (Fsp3) is 0.120. The average molecular weight is 429 g/mol. The molecule has 0 unspecified atom stereocenters. The van der Waals surface area contributed by atoms with Gasteiger partial charge in [-0.25, -0.2) is 4.68 Å². The largest absolute Gasteiger partial charge is 0.494 e. The highest BCUT2D eigenvalue weighted by Crippen LogP contribution is 2.37. The Morgan fingerprint density at radius 3 is 2.45 bits per heavy atom. The predicted octanol–water partition coefficient (Wildman–Crippen LogP) is 6.05. The predicted molar refractivity (Wildman–Crippen MR) is 124 cm³/mol. The highest BCUT2D eigenvalue weighted by molar-refractivity contribution is 6.30. The number of halogens is 1. The minimum atomic E-state index is -0.172. The molecular formula is C25H21ClN4O. The molecule has 0 saturated carbocycles. The number of nitrogens with one attached hydrogen (secondary N) is 1. The molecule has 5 nitrogen and oxygen atoms in total. The maximum absolute atomic E-state index is 6.10. The second-order valence-corrected chi connectivity index (χ2v) is 7.63. The van der Waals surface area contributed by atoms with E-state index in [4.69, 9.17) is 26.4 Å². The van der Waals surface area contributed by atoms with Crippen LogP contribution in [0.2, 0.25) is 5.02 Å². The smallest absolute Gasteiger partial charge is 0.227 e. The molecule has 1 aliphatic heterocycles. The third-order valence-electron chi connectivity index (χ3n) is 5.19. The van der Waals surface area contributed by atoms with Crippen LogP contribution in [0.5, 0.6) is 5.75 Å². The van der Waals surface area contributed by atoms with Gasteiger partial charge in [-0.05, 0) is 36.8 Å². The maximum Gasteiger partial charge on any atom is 0.227 e. The Balaban J connectivity index is 1.65. The first-order chi connectivity index (χ1) is 15.2. The molecule has 1 aliphatic rings. The number of benzene rings is 3. The Morgan fingerprint density at radius 2 is 1.68 bits per heavy atom. The zero-order chi connectivity index (χ0) is 21.2. The number of hydrogen-bond acceptors (Lipinski definition) is 4. The van der Waals surface area contributed by atoms with Crippen molar-refractivity contribution in [3.63, 3.8) is 0 Å². The van der Waals surface area contributed by atoms with Gasteiger partial charge in [-0.2, -0.15) is 4.98 Å². The normalized spacial score (nSPS) is 15.0. The molecule has 0 bridgehead atoms. The molecule has 5 rings (SSSR count). The van der Waals surface area contributed by atoms with Gasteiger partial charge in [0, 0.05) is 21.8 Å². The summed E-state index contributed by atoms with van der Waals surface area (Å²) in [4.78, 5) is 4.80. The van der Waals surface area contributed by atoms with Crippen LogP contribution in [0.4, 0.5) is 5.95 Å². The first-order valence-electron chi connectivity index (χ1n) is 10.2. The molecular weight excluding hydrogens is 408 g/mol. The quantitative estimate of drug-likeness (QED) is 0.420. The van der Waals surface area contributed by atoms with Crippen LogP contribution in [0.1, 0.15) is 24.1 Å². The van der Waals surface area contributed by atoms with Gasteiger partial charge in [0.25, 0.3) is 0 Å². The third-order valence-corrected chi connectivity index (χ3v) is 5.44. The summed E-state index contributed by atoms with van der Waals surface area (Å²) in [5.74, 6) is 2.20. The number of fused-ring (bicyclic) bond motifs is 1. The van der Waals surface area contributed by atoms with E-state index < -0.39 is 0 Å². The molecule has 1 aromatic heterocycles. The molecule has 0 aliphatic carbocycles. The van der Waals surface area contributed by atoms with E-state index in [0.29, 0.717) is 23.4 Å². The van der Waals surface area contributed by atoms with Crippen LogP contribution in [0.15, 0.2) is 84.9 Å².